The minimum absolute atomic E-state index is 0.0804. The highest BCUT2D eigenvalue weighted by Gasteiger charge is 2.11. The number of amides is 1. The topological polar surface area (TPSA) is 41.1 Å². The van der Waals surface area contributed by atoms with Gasteiger partial charge in [0, 0.05) is 13.0 Å². The molecule has 2 N–H and O–H groups in total. The minimum Gasteiger partial charge on any atom is -0.383 e. The van der Waals surface area contributed by atoms with Gasteiger partial charge in [-0.15, -0.1) is 0 Å². The predicted molar refractivity (Wildman–Crippen MR) is 52.9 cm³/mol. The van der Waals surface area contributed by atoms with E-state index in [1.54, 1.807) is 0 Å². The van der Waals surface area contributed by atoms with Crippen LogP contribution in [0.2, 0.25) is 0 Å². The molecule has 13 heavy (non-hydrogen) atoms. The van der Waals surface area contributed by atoms with Gasteiger partial charge in [-0.25, -0.2) is 0 Å². The van der Waals surface area contributed by atoms with Crippen LogP contribution in [0.25, 0.3) is 0 Å². The van der Waals surface area contributed by atoms with Crippen LogP contribution in [0.3, 0.4) is 0 Å². The molecule has 1 aliphatic heterocycles. The van der Waals surface area contributed by atoms with Crippen LogP contribution >= 0.6 is 0 Å². The first kappa shape index (κ1) is 8.10. The van der Waals surface area contributed by atoms with Crippen molar-refractivity contribution >= 4 is 17.3 Å². The zero-order valence-corrected chi connectivity index (χ0v) is 7.55. The lowest BCUT2D eigenvalue weighted by atomic mass is 10.2. The van der Waals surface area contributed by atoms with Gasteiger partial charge in [-0.3, -0.25) is 4.79 Å². The molecule has 3 heteroatoms. The van der Waals surface area contributed by atoms with Crippen molar-refractivity contribution in [3.8, 4) is 0 Å². The summed E-state index contributed by atoms with van der Waals surface area (Å²) < 4.78 is 0. The first-order chi connectivity index (χ1) is 6.25. The molecule has 0 unspecified atom stereocenters. The minimum atomic E-state index is 0.0804. The summed E-state index contributed by atoms with van der Waals surface area (Å²) in [6.45, 7) is 2.72. The summed E-state index contributed by atoms with van der Waals surface area (Å²) in [5.41, 5.74) is 3.06. The van der Waals surface area contributed by atoms with Gasteiger partial charge in [0.15, 0.2) is 0 Å². The maximum atomic E-state index is 11.2. The van der Waals surface area contributed by atoms with Crippen LogP contribution in [-0.2, 0) is 4.79 Å². The number of aryl methyl sites for hydroxylation is 1. The van der Waals surface area contributed by atoms with Crippen molar-refractivity contribution in [2.45, 2.75) is 13.3 Å². The highest BCUT2D eigenvalue weighted by atomic mass is 16.1. The number of carbonyl (C=O) groups is 1. The number of anilines is 2. The molecule has 1 aliphatic rings. The Morgan fingerprint density at radius 2 is 2.15 bits per heavy atom. The summed E-state index contributed by atoms with van der Waals surface area (Å²) in [6, 6.07) is 6.01. The molecule has 0 saturated carbocycles. The molecule has 1 amide bonds. The second kappa shape index (κ2) is 3.09. The van der Waals surface area contributed by atoms with E-state index >= 15 is 0 Å². The molecule has 68 valence electrons. The molecule has 3 nitrogen and oxygen atoms in total. The van der Waals surface area contributed by atoms with Gasteiger partial charge < -0.3 is 10.6 Å². The number of fused-ring (bicyclic) bond motifs is 1. The van der Waals surface area contributed by atoms with E-state index in [1.165, 1.54) is 0 Å². The van der Waals surface area contributed by atoms with Crippen molar-refractivity contribution < 1.29 is 4.79 Å². The Labute approximate surface area is 77.1 Å². The molecular formula is C10H12N2O. The van der Waals surface area contributed by atoms with E-state index in [0.29, 0.717) is 13.0 Å². The largest absolute Gasteiger partial charge is 0.383 e. The fourth-order valence-corrected chi connectivity index (χ4v) is 1.44. The molecule has 0 fully saturated rings. The summed E-state index contributed by atoms with van der Waals surface area (Å²) in [6.07, 6.45) is 0.535. The lowest BCUT2D eigenvalue weighted by Crippen LogP contribution is -2.10. The molecule has 1 aromatic rings. The lowest BCUT2D eigenvalue weighted by molar-refractivity contribution is -0.115. The molecule has 0 radical (unpaired) electrons. The molecule has 0 aromatic heterocycles. The number of hydrogen-bond donors (Lipinski definition) is 2. The van der Waals surface area contributed by atoms with Gasteiger partial charge in [0.25, 0.3) is 0 Å². The number of nitrogens with one attached hydrogen (secondary N) is 2. The van der Waals surface area contributed by atoms with E-state index in [2.05, 4.69) is 10.6 Å². The van der Waals surface area contributed by atoms with E-state index < -0.39 is 0 Å². The van der Waals surface area contributed by atoms with Crippen molar-refractivity contribution in [1.29, 1.82) is 0 Å². The summed E-state index contributed by atoms with van der Waals surface area (Å²) in [5, 5.41) is 6.06. The lowest BCUT2D eigenvalue weighted by Gasteiger charge is -2.07. The van der Waals surface area contributed by atoms with Crippen molar-refractivity contribution in [1.82, 2.24) is 0 Å². The van der Waals surface area contributed by atoms with E-state index in [0.717, 1.165) is 16.9 Å². The Balaban J connectivity index is 2.40. The van der Waals surface area contributed by atoms with Crippen molar-refractivity contribution in [2.75, 3.05) is 17.2 Å². The zero-order chi connectivity index (χ0) is 9.26. The molecule has 1 aromatic carbocycles. The second-order valence-electron chi connectivity index (χ2n) is 3.27. The van der Waals surface area contributed by atoms with Crippen LogP contribution in [0.5, 0.6) is 0 Å². The first-order valence-electron chi connectivity index (χ1n) is 4.40. The monoisotopic (exact) mass is 176 g/mol. The van der Waals surface area contributed by atoms with Crippen molar-refractivity contribution in [2.24, 2.45) is 0 Å². The average Bonchev–Trinajstić information content (AvgIpc) is 2.25. The number of carbonyl (C=O) groups excluding carboxylic acids is 1. The fourth-order valence-electron chi connectivity index (χ4n) is 1.44. The second-order valence-corrected chi connectivity index (χ2v) is 3.27. The third-order valence-electron chi connectivity index (χ3n) is 2.12. The van der Waals surface area contributed by atoms with Crippen molar-refractivity contribution in [3.05, 3.63) is 23.8 Å². The number of benzene rings is 1. The molecule has 0 bridgehead atoms. The normalized spacial score (nSPS) is 15.3. The number of hydrogen-bond acceptors (Lipinski definition) is 2. The number of rotatable bonds is 0. The van der Waals surface area contributed by atoms with E-state index in [-0.39, 0.29) is 5.91 Å². The molecule has 0 spiro atoms. The molecule has 1 heterocycles. The predicted octanol–water partition coefficient (Wildman–Crippen LogP) is 1.75. The van der Waals surface area contributed by atoms with Crippen LogP contribution < -0.4 is 10.6 Å². The molecule has 0 aliphatic carbocycles. The van der Waals surface area contributed by atoms with Gasteiger partial charge in [0.2, 0.25) is 5.91 Å². The van der Waals surface area contributed by atoms with Crippen LogP contribution in [0.1, 0.15) is 12.0 Å². The van der Waals surface area contributed by atoms with Crippen LogP contribution in [0.4, 0.5) is 11.4 Å². The average molecular weight is 176 g/mol. The highest BCUT2D eigenvalue weighted by Crippen LogP contribution is 2.24. The Kier molecular flexibility index (Phi) is 1.93. The highest BCUT2D eigenvalue weighted by molar-refractivity contribution is 5.96. The summed E-state index contributed by atoms with van der Waals surface area (Å²) >= 11 is 0. The summed E-state index contributed by atoms with van der Waals surface area (Å²) in [4.78, 5) is 11.2. The standard InChI is InChI=1S/C10H12N2O/c1-7-2-3-8-9(6-7)12-10(13)4-5-11-8/h2-3,6,11H,4-5H2,1H3,(H,12,13). The fraction of sp³-hybridized carbons (Fsp3) is 0.300. The van der Waals surface area contributed by atoms with E-state index in [1.807, 2.05) is 25.1 Å². The van der Waals surface area contributed by atoms with Gasteiger partial charge in [-0.1, -0.05) is 6.07 Å². The molecule has 2 rings (SSSR count). The van der Waals surface area contributed by atoms with Crippen LogP contribution in [-0.4, -0.2) is 12.5 Å². The molecule has 0 saturated heterocycles. The molecule has 0 atom stereocenters. The van der Waals surface area contributed by atoms with Crippen molar-refractivity contribution in [3.63, 3.8) is 0 Å². The van der Waals surface area contributed by atoms with Gasteiger partial charge in [-0.05, 0) is 24.6 Å². The van der Waals surface area contributed by atoms with Crippen LogP contribution in [0.15, 0.2) is 18.2 Å². The van der Waals surface area contributed by atoms with E-state index in [9.17, 15) is 4.79 Å². The Bertz CT molecular complexity index is 347. The molecular weight excluding hydrogens is 164 g/mol. The maximum absolute atomic E-state index is 11.2. The van der Waals surface area contributed by atoms with E-state index in [4.69, 9.17) is 0 Å². The quantitative estimate of drug-likeness (QED) is 0.632. The SMILES string of the molecule is Cc1ccc2c(c1)NC(=O)CCN2. The Morgan fingerprint density at radius 1 is 1.31 bits per heavy atom. The van der Waals surface area contributed by atoms with Gasteiger partial charge in [0.05, 0.1) is 11.4 Å². The third-order valence-corrected chi connectivity index (χ3v) is 2.12. The Hall–Kier alpha value is -1.51. The smallest absolute Gasteiger partial charge is 0.226 e. The third kappa shape index (κ3) is 1.64. The van der Waals surface area contributed by atoms with Gasteiger partial charge >= 0.3 is 0 Å². The maximum Gasteiger partial charge on any atom is 0.226 e. The van der Waals surface area contributed by atoms with Gasteiger partial charge in [0.1, 0.15) is 0 Å². The van der Waals surface area contributed by atoms with Gasteiger partial charge in [-0.2, -0.15) is 0 Å². The zero-order valence-electron chi connectivity index (χ0n) is 7.55. The Morgan fingerprint density at radius 3 is 3.00 bits per heavy atom. The summed E-state index contributed by atoms with van der Waals surface area (Å²) in [5.74, 6) is 0.0804. The first-order valence-corrected chi connectivity index (χ1v) is 4.40. The van der Waals surface area contributed by atoms with Crippen LogP contribution in [0, 0.1) is 6.92 Å². The summed E-state index contributed by atoms with van der Waals surface area (Å²) in [7, 11) is 0.